The largest absolute Gasteiger partial charge is 0.278 e. The van der Waals surface area contributed by atoms with Crippen molar-refractivity contribution >= 4 is 55.3 Å². The molecular formula is C42H27N5O. The average Bonchev–Trinajstić information content (AvgIpc) is 3.48. The molecule has 226 valence electrons. The molecule has 0 fully saturated rings. The zero-order valence-corrected chi connectivity index (χ0v) is 25.8. The maximum absolute atomic E-state index is 13.7. The fourth-order valence-corrected chi connectivity index (χ4v) is 7.31. The van der Waals surface area contributed by atoms with Crippen LogP contribution in [0.3, 0.4) is 0 Å². The van der Waals surface area contributed by atoms with Crippen LogP contribution in [0.2, 0.25) is 0 Å². The third-order valence-corrected chi connectivity index (χ3v) is 9.60. The van der Waals surface area contributed by atoms with E-state index in [0.717, 1.165) is 73.6 Å². The average molecular weight is 618 g/mol. The molecule has 4 aromatic heterocycles. The second-order valence-corrected chi connectivity index (χ2v) is 12.4. The first-order chi connectivity index (χ1) is 23.7. The first kappa shape index (κ1) is 26.8. The Labute approximate surface area is 274 Å². The normalized spacial score (nSPS) is 12.8. The molecule has 0 saturated heterocycles. The van der Waals surface area contributed by atoms with E-state index in [9.17, 15) is 4.79 Å². The zero-order valence-electron chi connectivity index (χ0n) is 25.8. The van der Waals surface area contributed by atoms with Crippen molar-refractivity contribution in [3.05, 3.63) is 155 Å². The Kier molecular flexibility index (Phi) is 5.75. The zero-order chi connectivity index (χ0) is 31.8. The van der Waals surface area contributed by atoms with Gasteiger partial charge in [0.1, 0.15) is 5.65 Å². The summed E-state index contributed by atoms with van der Waals surface area (Å²) in [6.07, 6.45) is 6.10. The predicted molar refractivity (Wildman–Crippen MR) is 195 cm³/mol. The van der Waals surface area contributed by atoms with Gasteiger partial charge in [-0.1, -0.05) is 91.0 Å². The van der Waals surface area contributed by atoms with E-state index in [1.54, 1.807) is 4.40 Å². The molecule has 0 N–H and O–H groups in total. The molecule has 48 heavy (non-hydrogen) atoms. The fraction of sp³-hybridized carbons (Fsp3) is 0.0476. The van der Waals surface area contributed by atoms with Crippen molar-refractivity contribution in [3.8, 4) is 28.3 Å². The van der Waals surface area contributed by atoms with Gasteiger partial charge in [0.05, 0.1) is 38.8 Å². The van der Waals surface area contributed by atoms with E-state index in [-0.39, 0.29) is 5.56 Å². The number of para-hydroxylation sites is 2. The molecule has 0 aliphatic heterocycles. The molecule has 10 rings (SSSR count). The van der Waals surface area contributed by atoms with Crippen molar-refractivity contribution in [2.24, 2.45) is 0 Å². The smallest absolute Gasteiger partial charge is 0.266 e. The molecule has 1 aliphatic carbocycles. The molecule has 4 heterocycles. The molecule has 6 heteroatoms. The van der Waals surface area contributed by atoms with Gasteiger partial charge in [-0.3, -0.25) is 13.8 Å². The molecule has 0 unspecified atom stereocenters. The van der Waals surface area contributed by atoms with Gasteiger partial charge in [0.15, 0.2) is 0 Å². The maximum atomic E-state index is 13.7. The number of allylic oxidation sites excluding steroid dienone is 1. The monoisotopic (exact) mass is 617 g/mol. The minimum atomic E-state index is -0.0336. The summed E-state index contributed by atoms with van der Waals surface area (Å²) in [5.74, 6) is 0.630. The van der Waals surface area contributed by atoms with E-state index in [1.165, 1.54) is 5.56 Å². The Morgan fingerprint density at radius 3 is 2.25 bits per heavy atom. The highest BCUT2D eigenvalue weighted by molar-refractivity contribution is 6.10. The van der Waals surface area contributed by atoms with Crippen LogP contribution in [0.4, 0.5) is 0 Å². The van der Waals surface area contributed by atoms with Crippen molar-refractivity contribution in [1.82, 2.24) is 23.9 Å². The number of rotatable bonds is 3. The quantitative estimate of drug-likeness (QED) is 0.186. The Morgan fingerprint density at radius 1 is 0.562 bits per heavy atom. The Morgan fingerprint density at radius 2 is 1.33 bits per heavy atom. The number of hydrogen-bond acceptors (Lipinski definition) is 4. The highest BCUT2D eigenvalue weighted by atomic mass is 16.1. The summed E-state index contributed by atoms with van der Waals surface area (Å²) in [7, 11) is 0. The van der Waals surface area contributed by atoms with Gasteiger partial charge in [0.2, 0.25) is 5.95 Å². The molecule has 6 nitrogen and oxygen atoms in total. The number of pyridine rings is 1. The Bertz CT molecular complexity index is 2860. The van der Waals surface area contributed by atoms with Gasteiger partial charge in [-0.15, -0.1) is 0 Å². The number of fused-ring (bicyclic) bond motifs is 8. The van der Waals surface area contributed by atoms with Gasteiger partial charge in [-0.05, 0) is 78.1 Å². The van der Waals surface area contributed by atoms with E-state index in [2.05, 4.69) is 77.4 Å². The standard InChI is InChI=1S/C42H27N5O/c48-41-32-21-18-29(25-35(32)43-39-23-20-26-10-4-8-16-36(26)47(39)41)28-19-22-38-33(24-28)30-13-6-9-17-37(30)46(38)42-44-34-15-7-5-14-31(34)40(45-42)27-11-2-1-3-12-27/h1-3,5-9,11-25H,4,10H2. The molecule has 0 amide bonds. The molecule has 0 radical (unpaired) electrons. The van der Waals surface area contributed by atoms with Crippen LogP contribution in [0.25, 0.3) is 83.7 Å². The van der Waals surface area contributed by atoms with Gasteiger partial charge in [-0.2, -0.15) is 0 Å². The first-order valence-corrected chi connectivity index (χ1v) is 16.2. The van der Waals surface area contributed by atoms with E-state index in [0.29, 0.717) is 22.5 Å². The maximum Gasteiger partial charge on any atom is 0.266 e. The van der Waals surface area contributed by atoms with Crippen molar-refractivity contribution in [2.75, 3.05) is 0 Å². The molecule has 5 aromatic carbocycles. The van der Waals surface area contributed by atoms with E-state index in [1.807, 2.05) is 66.7 Å². The van der Waals surface area contributed by atoms with Crippen molar-refractivity contribution in [3.63, 3.8) is 0 Å². The van der Waals surface area contributed by atoms with Crippen LogP contribution in [0.1, 0.15) is 17.7 Å². The topological polar surface area (TPSA) is 65.1 Å². The third-order valence-electron chi connectivity index (χ3n) is 9.60. The molecule has 0 saturated carbocycles. The summed E-state index contributed by atoms with van der Waals surface area (Å²) >= 11 is 0. The summed E-state index contributed by atoms with van der Waals surface area (Å²) < 4.78 is 3.92. The van der Waals surface area contributed by atoms with E-state index >= 15 is 0 Å². The van der Waals surface area contributed by atoms with Crippen LogP contribution >= 0.6 is 0 Å². The van der Waals surface area contributed by atoms with Crippen LogP contribution in [-0.2, 0) is 6.42 Å². The molecule has 0 bridgehead atoms. The van der Waals surface area contributed by atoms with Gasteiger partial charge >= 0.3 is 0 Å². The molecule has 0 spiro atoms. The molecule has 9 aromatic rings. The van der Waals surface area contributed by atoms with Gasteiger partial charge in [0, 0.05) is 21.7 Å². The van der Waals surface area contributed by atoms with Crippen LogP contribution in [0.15, 0.2) is 138 Å². The summed E-state index contributed by atoms with van der Waals surface area (Å²) in [5, 5.41) is 3.85. The van der Waals surface area contributed by atoms with Crippen LogP contribution in [0, 0.1) is 0 Å². The van der Waals surface area contributed by atoms with Crippen LogP contribution in [0.5, 0.6) is 0 Å². The summed E-state index contributed by atoms with van der Waals surface area (Å²) in [6, 6.07) is 43.4. The number of aryl methyl sites for hydroxylation is 1. The lowest BCUT2D eigenvalue weighted by molar-refractivity contribution is 0.932. The molecule has 1 aliphatic rings. The number of aromatic nitrogens is 5. The predicted octanol–water partition coefficient (Wildman–Crippen LogP) is 9.18. The first-order valence-electron chi connectivity index (χ1n) is 16.2. The minimum Gasteiger partial charge on any atom is -0.278 e. The second kappa shape index (κ2) is 10.3. The van der Waals surface area contributed by atoms with Gasteiger partial charge < -0.3 is 0 Å². The molecular weight excluding hydrogens is 590 g/mol. The fourth-order valence-electron chi connectivity index (χ4n) is 7.31. The minimum absolute atomic E-state index is 0.0336. The Hall–Kier alpha value is -6.40. The van der Waals surface area contributed by atoms with Crippen molar-refractivity contribution in [2.45, 2.75) is 12.8 Å². The summed E-state index contributed by atoms with van der Waals surface area (Å²) in [4.78, 5) is 29.0. The summed E-state index contributed by atoms with van der Waals surface area (Å²) in [6.45, 7) is 0. The van der Waals surface area contributed by atoms with E-state index < -0.39 is 0 Å². The third kappa shape index (κ3) is 3.99. The van der Waals surface area contributed by atoms with Crippen molar-refractivity contribution in [1.29, 1.82) is 0 Å². The second-order valence-electron chi connectivity index (χ2n) is 12.4. The van der Waals surface area contributed by atoms with Gasteiger partial charge in [0.25, 0.3) is 5.56 Å². The molecule has 0 atom stereocenters. The SMILES string of the molecule is O=c1c2ccc(-c3ccc4c(c3)c3ccccc3n4-c3nc(-c4ccccc4)c4ccccc4n3)cc2nc2ccc3c(n12)C=CCC3. The number of nitrogens with zero attached hydrogens (tertiary/aromatic N) is 5. The highest BCUT2D eigenvalue weighted by Gasteiger charge is 2.18. The lowest BCUT2D eigenvalue weighted by Gasteiger charge is -2.14. The van der Waals surface area contributed by atoms with E-state index in [4.69, 9.17) is 15.0 Å². The Balaban J connectivity index is 1.16. The van der Waals surface area contributed by atoms with Gasteiger partial charge in [-0.25, -0.2) is 15.0 Å². The number of hydrogen-bond donors (Lipinski definition) is 0. The van der Waals surface area contributed by atoms with Crippen LogP contribution in [-0.4, -0.2) is 23.9 Å². The lowest BCUT2D eigenvalue weighted by Crippen LogP contribution is -2.19. The lowest BCUT2D eigenvalue weighted by atomic mass is 10.0. The summed E-state index contributed by atoms with van der Waals surface area (Å²) in [5.41, 5.74) is 10.4. The van der Waals surface area contributed by atoms with Crippen molar-refractivity contribution < 1.29 is 0 Å². The van der Waals surface area contributed by atoms with Crippen LogP contribution < -0.4 is 5.56 Å². The number of benzene rings is 5. The highest BCUT2D eigenvalue weighted by Crippen LogP contribution is 2.36.